The highest BCUT2D eigenvalue weighted by atomic mass is 35.5. The van der Waals surface area contributed by atoms with E-state index in [0.717, 1.165) is 12.1 Å². The first-order valence-corrected chi connectivity index (χ1v) is 6.56. The lowest BCUT2D eigenvalue weighted by Gasteiger charge is -2.22. The Bertz CT molecular complexity index is 427. The monoisotopic (exact) mass is 311 g/mol. The highest BCUT2D eigenvalue weighted by Crippen LogP contribution is 2.32. The lowest BCUT2D eigenvalue weighted by atomic mass is 10.1. The maximum atomic E-state index is 12.7. The number of rotatable bonds is 7. The summed E-state index contributed by atoms with van der Waals surface area (Å²) in [5.74, 6) is 0. The van der Waals surface area contributed by atoms with Crippen molar-refractivity contribution in [3.8, 4) is 0 Å². The molecule has 0 saturated heterocycles. The smallest absolute Gasteiger partial charge is 0.396 e. The fourth-order valence-corrected chi connectivity index (χ4v) is 2.00. The molecule has 1 aromatic rings. The Morgan fingerprint density at radius 3 is 2.35 bits per heavy atom. The first-order valence-electron chi connectivity index (χ1n) is 6.18. The van der Waals surface area contributed by atoms with E-state index < -0.39 is 11.7 Å². The van der Waals surface area contributed by atoms with E-state index in [1.807, 2.05) is 0 Å². The third-order valence-electron chi connectivity index (χ3n) is 2.82. The van der Waals surface area contributed by atoms with Gasteiger partial charge in [-0.15, -0.1) is 0 Å². The number of halogens is 4. The van der Waals surface area contributed by atoms with Crippen molar-refractivity contribution in [2.45, 2.75) is 19.1 Å². The van der Waals surface area contributed by atoms with E-state index >= 15 is 0 Å². The van der Waals surface area contributed by atoms with E-state index in [0.29, 0.717) is 25.1 Å². The number of alkyl halides is 3. The zero-order chi connectivity index (χ0) is 15.2. The minimum atomic E-state index is -4.41. The van der Waals surface area contributed by atoms with Crippen molar-refractivity contribution in [1.82, 2.24) is 4.90 Å². The fraction of sp³-hybridized carbons (Fsp3) is 0.538. The largest absolute Gasteiger partial charge is 0.416 e. The van der Waals surface area contributed by atoms with Crippen LogP contribution in [0.4, 0.5) is 13.2 Å². The van der Waals surface area contributed by atoms with Gasteiger partial charge in [-0.1, -0.05) is 11.6 Å². The van der Waals surface area contributed by atoms with Gasteiger partial charge in [0.15, 0.2) is 0 Å². The second kappa shape index (κ2) is 7.83. The average molecular weight is 312 g/mol. The molecule has 114 valence electrons. The van der Waals surface area contributed by atoms with Gasteiger partial charge in [0.05, 0.1) is 12.2 Å². The van der Waals surface area contributed by atoms with Gasteiger partial charge in [0, 0.05) is 31.3 Å². The normalized spacial score (nSPS) is 12.2. The van der Waals surface area contributed by atoms with Crippen LogP contribution in [0.3, 0.4) is 0 Å². The van der Waals surface area contributed by atoms with Crippen LogP contribution >= 0.6 is 11.6 Å². The Morgan fingerprint density at radius 1 is 1.10 bits per heavy atom. The third-order valence-corrected chi connectivity index (χ3v) is 3.18. The molecule has 20 heavy (non-hydrogen) atoms. The van der Waals surface area contributed by atoms with E-state index in [4.69, 9.17) is 21.8 Å². The number of benzene rings is 1. The molecule has 1 rings (SSSR count). The van der Waals surface area contributed by atoms with Crippen LogP contribution < -0.4 is 0 Å². The molecule has 0 heterocycles. The number of nitrogens with zero attached hydrogens (tertiary/aromatic N) is 1. The zero-order valence-corrected chi connectivity index (χ0v) is 11.6. The van der Waals surface area contributed by atoms with Crippen molar-refractivity contribution in [3.05, 3.63) is 34.3 Å². The van der Waals surface area contributed by atoms with Gasteiger partial charge in [0.1, 0.15) is 0 Å². The number of aliphatic hydroxyl groups is 2. The molecule has 0 radical (unpaired) electrons. The van der Waals surface area contributed by atoms with Crippen LogP contribution in [0.25, 0.3) is 0 Å². The van der Waals surface area contributed by atoms with Crippen molar-refractivity contribution in [1.29, 1.82) is 0 Å². The third kappa shape index (κ3) is 5.28. The maximum Gasteiger partial charge on any atom is 0.416 e. The second-order valence-electron chi connectivity index (χ2n) is 4.38. The molecule has 7 heteroatoms. The zero-order valence-electron chi connectivity index (χ0n) is 10.8. The SMILES string of the molecule is OCCCN(CCO)Cc1cc(C(F)(F)F)ccc1Cl. The minimum Gasteiger partial charge on any atom is -0.396 e. The Morgan fingerprint density at radius 2 is 1.80 bits per heavy atom. The molecular formula is C13H17ClF3NO2. The summed E-state index contributed by atoms with van der Waals surface area (Å²) in [6.45, 7) is 0.861. The summed E-state index contributed by atoms with van der Waals surface area (Å²) >= 11 is 5.92. The highest BCUT2D eigenvalue weighted by Gasteiger charge is 2.31. The van der Waals surface area contributed by atoms with Crippen LogP contribution in [0.15, 0.2) is 18.2 Å². The van der Waals surface area contributed by atoms with Gasteiger partial charge in [-0.2, -0.15) is 13.2 Å². The van der Waals surface area contributed by atoms with Crippen molar-refractivity contribution in [2.75, 3.05) is 26.3 Å². The minimum absolute atomic E-state index is 0.0156. The molecule has 0 aliphatic heterocycles. The van der Waals surface area contributed by atoms with Crippen LogP contribution in [-0.2, 0) is 12.7 Å². The Labute approximate surface area is 120 Å². The summed E-state index contributed by atoms with van der Waals surface area (Å²) < 4.78 is 38.0. The lowest BCUT2D eigenvalue weighted by Crippen LogP contribution is -2.28. The molecule has 0 aromatic heterocycles. The second-order valence-corrected chi connectivity index (χ2v) is 4.79. The molecular weight excluding hydrogens is 295 g/mol. The molecule has 0 aliphatic carbocycles. The summed E-state index contributed by atoms with van der Waals surface area (Å²) in [5, 5.41) is 18.0. The van der Waals surface area contributed by atoms with Gasteiger partial charge in [-0.05, 0) is 30.2 Å². The van der Waals surface area contributed by atoms with Crippen LogP contribution in [0, 0.1) is 0 Å². The first kappa shape index (κ1) is 17.2. The lowest BCUT2D eigenvalue weighted by molar-refractivity contribution is -0.137. The quantitative estimate of drug-likeness (QED) is 0.813. The average Bonchev–Trinajstić information content (AvgIpc) is 2.37. The van der Waals surface area contributed by atoms with Gasteiger partial charge in [0.2, 0.25) is 0 Å². The van der Waals surface area contributed by atoms with Gasteiger partial charge >= 0.3 is 6.18 Å². The number of hydrogen-bond donors (Lipinski definition) is 2. The summed E-state index contributed by atoms with van der Waals surface area (Å²) in [7, 11) is 0. The van der Waals surface area contributed by atoms with E-state index in [2.05, 4.69) is 0 Å². The molecule has 0 spiro atoms. The highest BCUT2D eigenvalue weighted by molar-refractivity contribution is 6.31. The summed E-state index contributed by atoms with van der Waals surface area (Å²) in [5.41, 5.74) is -0.393. The predicted octanol–water partition coefficient (Wildman–Crippen LogP) is 2.54. The Balaban J connectivity index is 2.87. The van der Waals surface area contributed by atoms with Crippen molar-refractivity contribution < 1.29 is 23.4 Å². The summed E-state index contributed by atoms with van der Waals surface area (Å²) in [4.78, 5) is 1.75. The van der Waals surface area contributed by atoms with Crippen LogP contribution in [0.5, 0.6) is 0 Å². The van der Waals surface area contributed by atoms with E-state index in [9.17, 15) is 13.2 Å². The summed E-state index contributed by atoms with van der Waals surface area (Å²) in [6, 6.07) is 3.18. The molecule has 2 N–H and O–H groups in total. The maximum absolute atomic E-state index is 12.7. The molecule has 0 amide bonds. The Kier molecular flexibility index (Phi) is 6.75. The van der Waals surface area contributed by atoms with Crippen LogP contribution in [0.2, 0.25) is 5.02 Å². The molecule has 0 unspecified atom stereocenters. The number of hydrogen-bond acceptors (Lipinski definition) is 3. The first-order chi connectivity index (χ1) is 9.38. The van der Waals surface area contributed by atoms with Gasteiger partial charge in [-0.25, -0.2) is 0 Å². The molecule has 3 nitrogen and oxygen atoms in total. The molecule has 0 fully saturated rings. The number of aliphatic hydroxyl groups excluding tert-OH is 2. The van der Waals surface area contributed by atoms with Crippen molar-refractivity contribution in [3.63, 3.8) is 0 Å². The molecule has 0 atom stereocenters. The van der Waals surface area contributed by atoms with E-state index in [-0.39, 0.29) is 24.8 Å². The van der Waals surface area contributed by atoms with E-state index in [1.165, 1.54) is 6.07 Å². The standard InChI is InChI=1S/C13H17ClF3NO2/c14-12-3-2-11(13(15,16)17)8-10(12)9-18(5-7-20)4-1-6-19/h2-3,8,19-20H,1,4-7,9H2. The fourth-order valence-electron chi connectivity index (χ4n) is 1.82. The van der Waals surface area contributed by atoms with Crippen molar-refractivity contribution in [2.24, 2.45) is 0 Å². The van der Waals surface area contributed by atoms with Crippen LogP contribution in [0.1, 0.15) is 17.5 Å². The predicted molar refractivity (Wildman–Crippen MR) is 70.5 cm³/mol. The van der Waals surface area contributed by atoms with Gasteiger partial charge < -0.3 is 10.2 Å². The van der Waals surface area contributed by atoms with Gasteiger partial charge in [-0.3, -0.25) is 4.90 Å². The van der Waals surface area contributed by atoms with Crippen LogP contribution in [-0.4, -0.2) is 41.4 Å². The van der Waals surface area contributed by atoms with E-state index in [1.54, 1.807) is 4.90 Å². The molecule has 0 saturated carbocycles. The summed E-state index contributed by atoms with van der Waals surface area (Å²) in [6.07, 6.45) is -3.93. The van der Waals surface area contributed by atoms with Crippen molar-refractivity contribution >= 4 is 11.6 Å². The molecule has 0 bridgehead atoms. The molecule has 0 aliphatic rings. The topological polar surface area (TPSA) is 43.7 Å². The Hall–Kier alpha value is -0.820. The molecule has 1 aromatic carbocycles. The van der Waals surface area contributed by atoms with Gasteiger partial charge in [0.25, 0.3) is 0 Å².